The van der Waals surface area contributed by atoms with Crippen LogP contribution in [0.15, 0.2) is 6.33 Å². The first-order valence-corrected chi connectivity index (χ1v) is 6.65. The fourth-order valence-corrected chi connectivity index (χ4v) is 3.06. The van der Waals surface area contributed by atoms with E-state index in [9.17, 15) is 10.1 Å². The summed E-state index contributed by atoms with van der Waals surface area (Å²) < 4.78 is 0. The predicted octanol–water partition coefficient (Wildman–Crippen LogP) is -0.0452. The largest absolute Gasteiger partial charge is 0.354 e. The van der Waals surface area contributed by atoms with Crippen LogP contribution in [0.4, 0.5) is 17.3 Å². The zero-order chi connectivity index (χ0) is 14.1. The minimum Gasteiger partial charge on any atom is -0.348 e. The molecule has 1 unspecified atom stereocenters. The zero-order valence-electron chi connectivity index (χ0n) is 11.0. The highest BCUT2D eigenvalue weighted by atomic mass is 16.6. The van der Waals surface area contributed by atoms with Crippen molar-refractivity contribution in [1.82, 2.24) is 14.9 Å². The summed E-state index contributed by atoms with van der Waals surface area (Å²) in [5.74, 6) is 5.70. The fourth-order valence-electron chi connectivity index (χ4n) is 3.06. The summed E-state index contributed by atoms with van der Waals surface area (Å²) >= 11 is 0. The van der Waals surface area contributed by atoms with E-state index < -0.39 is 4.92 Å². The van der Waals surface area contributed by atoms with Gasteiger partial charge >= 0.3 is 5.69 Å². The predicted molar refractivity (Wildman–Crippen MR) is 73.3 cm³/mol. The molecule has 108 valence electrons. The third-order valence-corrected chi connectivity index (χ3v) is 4.01. The number of nitrogens with one attached hydrogen (secondary N) is 1. The van der Waals surface area contributed by atoms with Crippen LogP contribution in [-0.4, -0.2) is 52.0 Å². The summed E-state index contributed by atoms with van der Waals surface area (Å²) in [5.41, 5.74) is 2.12. The highest BCUT2D eigenvalue weighted by Crippen LogP contribution is 2.33. The van der Waals surface area contributed by atoms with Gasteiger partial charge in [-0.25, -0.2) is 15.8 Å². The monoisotopic (exact) mass is 279 g/mol. The molecule has 0 amide bonds. The molecule has 1 aromatic rings. The Morgan fingerprint density at radius 2 is 2.25 bits per heavy atom. The van der Waals surface area contributed by atoms with Gasteiger partial charge in [0.2, 0.25) is 11.6 Å². The van der Waals surface area contributed by atoms with Crippen LogP contribution in [-0.2, 0) is 0 Å². The quantitative estimate of drug-likeness (QED) is 0.450. The summed E-state index contributed by atoms with van der Waals surface area (Å²) in [6.07, 6.45) is 3.63. The number of anilines is 2. The van der Waals surface area contributed by atoms with E-state index in [-0.39, 0.29) is 11.5 Å². The Kier molecular flexibility index (Phi) is 3.36. The molecule has 9 heteroatoms. The van der Waals surface area contributed by atoms with Gasteiger partial charge in [-0.15, -0.1) is 0 Å². The van der Waals surface area contributed by atoms with Crippen LogP contribution in [0.25, 0.3) is 0 Å². The van der Waals surface area contributed by atoms with Gasteiger partial charge in [-0.3, -0.25) is 15.0 Å². The molecule has 0 spiro atoms. The van der Waals surface area contributed by atoms with Gasteiger partial charge < -0.3 is 10.3 Å². The number of hydrogen-bond donors (Lipinski definition) is 2. The first kappa shape index (κ1) is 13.0. The van der Waals surface area contributed by atoms with Gasteiger partial charge in [0.15, 0.2) is 0 Å². The van der Waals surface area contributed by atoms with Crippen LogP contribution < -0.4 is 16.2 Å². The van der Waals surface area contributed by atoms with Gasteiger partial charge in [-0.05, 0) is 19.4 Å². The molecule has 3 rings (SSSR count). The van der Waals surface area contributed by atoms with Crippen LogP contribution in [0.1, 0.15) is 12.8 Å². The van der Waals surface area contributed by atoms with Gasteiger partial charge in [0, 0.05) is 25.7 Å². The van der Waals surface area contributed by atoms with Crippen molar-refractivity contribution in [2.24, 2.45) is 5.84 Å². The lowest BCUT2D eigenvalue weighted by Gasteiger charge is -2.37. The molecule has 0 bridgehead atoms. The Balaban J connectivity index is 1.91. The molecule has 2 saturated heterocycles. The Labute approximate surface area is 115 Å². The van der Waals surface area contributed by atoms with Gasteiger partial charge in [-0.1, -0.05) is 0 Å². The van der Waals surface area contributed by atoms with E-state index in [0.29, 0.717) is 11.9 Å². The van der Waals surface area contributed by atoms with E-state index in [4.69, 9.17) is 5.84 Å². The Morgan fingerprint density at radius 1 is 1.40 bits per heavy atom. The Hall–Kier alpha value is -2.00. The smallest absolute Gasteiger partial charge is 0.348 e. The van der Waals surface area contributed by atoms with Crippen molar-refractivity contribution in [3.05, 3.63) is 16.4 Å². The molecule has 0 aliphatic carbocycles. The number of aromatic nitrogens is 2. The highest BCUT2D eigenvalue weighted by molar-refractivity contribution is 5.70. The molecule has 2 aliphatic heterocycles. The van der Waals surface area contributed by atoms with Crippen LogP contribution in [0.3, 0.4) is 0 Å². The van der Waals surface area contributed by atoms with Gasteiger partial charge in [0.1, 0.15) is 6.33 Å². The van der Waals surface area contributed by atoms with E-state index >= 15 is 0 Å². The van der Waals surface area contributed by atoms with Crippen LogP contribution in [0.5, 0.6) is 0 Å². The van der Waals surface area contributed by atoms with Crippen molar-refractivity contribution in [3.63, 3.8) is 0 Å². The Bertz CT molecular complexity index is 523. The third kappa shape index (κ3) is 2.14. The first-order valence-electron chi connectivity index (χ1n) is 6.65. The fraction of sp³-hybridized carbons (Fsp3) is 0.636. The number of fused-ring (bicyclic) bond motifs is 1. The van der Waals surface area contributed by atoms with Crippen LogP contribution >= 0.6 is 0 Å². The summed E-state index contributed by atoms with van der Waals surface area (Å²) in [5, 5.41) is 11.3. The molecular weight excluding hydrogens is 262 g/mol. The summed E-state index contributed by atoms with van der Waals surface area (Å²) in [4.78, 5) is 23.1. The molecular formula is C11H17N7O2. The van der Waals surface area contributed by atoms with E-state index in [0.717, 1.165) is 32.6 Å². The van der Waals surface area contributed by atoms with Crippen molar-refractivity contribution in [2.45, 2.75) is 18.9 Å². The highest BCUT2D eigenvalue weighted by Gasteiger charge is 2.34. The molecule has 9 nitrogen and oxygen atoms in total. The molecule has 2 aliphatic rings. The van der Waals surface area contributed by atoms with E-state index in [1.807, 2.05) is 4.90 Å². The second-order valence-electron chi connectivity index (χ2n) is 5.07. The lowest BCUT2D eigenvalue weighted by molar-refractivity contribution is -0.383. The summed E-state index contributed by atoms with van der Waals surface area (Å²) in [6, 6.07) is 0.465. The van der Waals surface area contributed by atoms with E-state index in [1.165, 1.54) is 12.7 Å². The number of nitro groups is 1. The lowest BCUT2D eigenvalue weighted by Crippen LogP contribution is -2.50. The summed E-state index contributed by atoms with van der Waals surface area (Å²) in [6.45, 7) is 3.54. The molecule has 0 aromatic carbocycles. The maximum absolute atomic E-state index is 11.3. The standard InChI is InChI=1S/C11H17N7O2/c12-15-10-9(18(19)20)11(14-7-13-10)17-5-4-16-3-1-2-8(16)6-17/h7-8H,1-6,12H2,(H,13,14,15). The third-order valence-electron chi connectivity index (χ3n) is 4.01. The van der Waals surface area contributed by atoms with Crippen molar-refractivity contribution in [3.8, 4) is 0 Å². The number of hydrazine groups is 1. The SMILES string of the molecule is NNc1ncnc(N2CCN3CCCC3C2)c1[N+](=O)[O-]. The average molecular weight is 279 g/mol. The number of rotatable bonds is 3. The van der Waals surface area contributed by atoms with Crippen molar-refractivity contribution < 1.29 is 4.92 Å². The number of nitrogens with two attached hydrogens (primary N) is 1. The van der Waals surface area contributed by atoms with E-state index in [1.54, 1.807) is 0 Å². The minimum atomic E-state index is -0.481. The molecule has 3 heterocycles. The van der Waals surface area contributed by atoms with Crippen LogP contribution in [0.2, 0.25) is 0 Å². The molecule has 1 aromatic heterocycles. The second kappa shape index (κ2) is 5.17. The maximum Gasteiger partial charge on any atom is 0.354 e. The van der Waals surface area contributed by atoms with Crippen molar-refractivity contribution in [2.75, 3.05) is 36.5 Å². The van der Waals surface area contributed by atoms with Crippen molar-refractivity contribution >= 4 is 17.3 Å². The molecule has 20 heavy (non-hydrogen) atoms. The lowest BCUT2D eigenvalue weighted by atomic mass is 10.1. The number of piperazine rings is 1. The minimum absolute atomic E-state index is 0.0499. The van der Waals surface area contributed by atoms with Gasteiger partial charge in [-0.2, -0.15) is 0 Å². The second-order valence-corrected chi connectivity index (χ2v) is 5.07. The zero-order valence-corrected chi connectivity index (χ0v) is 11.0. The van der Waals surface area contributed by atoms with Crippen molar-refractivity contribution in [1.29, 1.82) is 0 Å². The van der Waals surface area contributed by atoms with Gasteiger partial charge in [0.05, 0.1) is 4.92 Å². The molecule has 3 N–H and O–H groups in total. The molecule has 2 fully saturated rings. The summed E-state index contributed by atoms with van der Waals surface area (Å²) in [7, 11) is 0. The number of nitrogen functional groups attached to an aromatic ring is 1. The van der Waals surface area contributed by atoms with E-state index in [2.05, 4.69) is 20.3 Å². The first-order chi connectivity index (χ1) is 9.70. The molecule has 1 atom stereocenters. The molecule has 0 radical (unpaired) electrons. The Morgan fingerprint density at radius 3 is 3.00 bits per heavy atom. The number of nitrogens with zero attached hydrogens (tertiary/aromatic N) is 5. The maximum atomic E-state index is 11.3. The number of hydrogen-bond acceptors (Lipinski definition) is 8. The normalized spacial score (nSPS) is 22.6. The average Bonchev–Trinajstić information content (AvgIpc) is 2.93. The van der Waals surface area contributed by atoms with Crippen LogP contribution in [0, 0.1) is 10.1 Å². The molecule has 0 saturated carbocycles. The topological polar surface area (TPSA) is 113 Å². The van der Waals surface area contributed by atoms with Gasteiger partial charge in [0.25, 0.3) is 0 Å².